The molecule has 0 atom stereocenters. The van der Waals surface area contributed by atoms with Gasteiger partial charge in [0.2, 0.25) is 5.91 Å². The van der Waals surface area contributed by atoms with Gasteiger partial charge in [-0.25, -0.2) is 0 Å². The van der Waals surface area contributed by atoms with Crippen LogP contribution < -0.4 is 21.9 Å². The summed E-state index contributed by atoms with van der Waals surface area (Å²) in [6.45, 7) is -2.02. The number of halogens is 3. The summed E-state index contributed by atoms with van der Waals surface area (Å²) in [5.41, 5.74) is 6.73. The fourth-order valence-electron chi connectivity index (χ4n) is 2.80. The summed E-state index contributed by atoms with van der Waals surface area (Å²) in [7, 11) is 0. The first-order valence-corrected chi connectivity index (χ1v) is 8.66. The first-order valence-electron chi connectivity index (χ1n) is 8.66. The van der Waals surface area contributed by atoms with Gasteiger partial charge in [-0.2, -0.15) is 13.2 Å². The third-order valence-electron chi connectivity index (χ3n) is 4.17. The summed E-state index contributed by atoms with van der Waals surface area (Å²) in [6, 6.07) is 8.19. The number of alkyl halides is 3. The molecule has 0 spiro atoms. The molecule has 30 heavy (non-hydrogen) atoms. The maximum Gasteiger partial charge on any atom is 0.405 e. The van der Waals surface area contributed by atoms with Crippen molar-refractivity contribution in [1.29, 1.82) is 5.41 Å². The zero-order valence-corrected chi connectivity index (χ0v) is 15.5. The van der Waals surface area contributed by atoms with Crippen molar-refractivity contribution in [3.05, 3.63) is 58.8 Å². The quantitative estimate of drug-likeness (QED) is 0.458. The monoisotopic (exact) mass is 418 g/mol. The number of hydrogen-bond donors (Lipinski definition) is 4. The van der Waals surface area contributed by atoms with Gasteiger partial charge in [0, 0.05) is 12.4 Å². The van der Waals surface area contributed by atoms with E-state index in [1.54, 1.807) is 35.6 Å². The number of carbonyl (C=O) groups excluding carboxylic acids is 1. The fraction of sp³-hybridized carbons (Fsp3) is 0.158. The average molecular weight is 418 g/mol. The number of nitrogens with two attached hydrogens (primary N) is 1. The van der Waals surface area contributed by atoms with Crippen molar-refractivity contribution in [2.45, 2.75) is 12.7 Å². The third-order valence-corrected chi connectivity index (χ3v) is 4.17. The molecule has 2 aromatic heterocycles. The number of nitrogens with zero attached hydrogens (tertiary/aromatic N) is 2. The minimum absolute atomic E-state index is 0.248. The van der Waals surface area contributed by atoms with E-state index in [1.165, 1.54) is 12.4 Å². The SMILES string of the molecule is N=Cc1ncc(Nc2cccc3ccn(CC(=O)NCC(F)(F)F)c(=O)c23)cc1N. The molecule has 0 aliphatic carbocycles. The molecule has 0 unspecified atom stereocenters. The number of nitrogen functional groups attached to an aromatic ring is 1. The Morgan fingerprint density at radius 3 is 2.73 bits per heavy atom. The van der Waals surface area contributed by atoms with E-state index >= 15 is 0 Å². The maximum absolute atomic E-state index is 12.9. The van der Waals surface area contributed by atoms with Gasteiger partial charge in [-0.05, 0) is 23.6 Å². The predicted molar refractivity (Wildman–Crippen MR) is 107 cm³/mol. The number of fused-ring (bicyclic) bond motifs is 1. The molecule has 3 aromatic rings. The lowest BCUT2D eigenvalue weighted by molar-refractivity contribution is -0.138. The van der Waals surface area contributed by atoms with Gasteiger partial charge in [0.25, 0.3) is 5.56 Å². The highest BCUT2D eigenvalue weighted by Gasteiger charge is 2.27. The van der Waals surface area contributed by atoms with Gasteiger partial charge in [0.1, 0.15) is 18.8 Å². The molecule has 0 bridgehead atoms. The van der Waals surface area contributed by atoms with Crippen LogP contribution in [0.5, 0.6) is 0 Å². The molecule has 0 saturated heterocycles. The first-order chi connectivity index (χ1) is 14.2. The molecular formula is C19H17F3N6O2. The number of nitrogens with one attached hydrogen (secondary N) is 3. The second-order valence-electron chi connectivity index (χ2n) is 6.38. The van der Waals surface area contributed by atoms with Crippen molar-refractivity contribution >= 4 is 40.0 Å². The summed E-state index contributed by atoms with van der Waals surface area (Å²) in [4.78, 5) is 28.7. The highest BCUT2D eigenvalue weighted by atomic mass is 19.4. The van der Waals surface area contributed by atoms with E-state index in [0.29, 0.717) is 22.5 Å². The van der Waals surface area contributed by atoms with Crippen LogP contribution >= 0.6 is 0 Å². The number of benzene rings is 1. The van der Waals surface area contributed by atoms with Crippen LogP contribution in [0.1, 0.15) is 5.69 Å². The minimum atomic E-state index is -4.54. The fourth-order valence-corrected chi connectivity index (χ4v) is 2.80. The average Bonchev–Trinajstić information content (AvgIpc) is 2.68. The van der Waals surface area contributed by atoms with Crippen LogP contribution in [-0.4, -0.2) is 34.4 Å². The van der Waals surface area contributed by atoms with Gasteiger partial charge in [0.05, 0.1) is 28.6 Å². The zero-order chi connectivity index (χ0) is 21.9. The van der Waals surface area contributed by atoms with Gasteiger partial charge < -0.3 is 26.3 Å². The van der Waals surface area contributed by atoms with Crippen molar-refractivity contribution in [3.63, 3.8) is 0 Å². The van der Waals surface area contributed by atoms with Crippen molar-refractivity contribution in [2.24, 2.45) is 0 Å². The van der Waals surface area contributed by atoms with E-state index < -0.39 is 30.7 Å². The lowest BCUT2D eigenvalue weighted by Crippen LogP contribution is -2.37. The number of rotatable bonds is 6. The minimum Gasteiger partial charge on any atom is -0.397 e. The van der Waals surface area contributed by atoms with Crippen molar-refractivity contribution in [3.8, 4) is 0 Å². The second kappa shape index (κ2) is 8.23. The Morgan fingerprint density at radius 1 is 1.30 bits per heavy atom. The smallest absolute Gasteiger partial charge is 0.397 e. The lowest BCUT2D eigenvalue weighted by atomic mass is 10.1. The van der Waals surface area contributed by atoms with Crippen LogP contribution in [0.25, 0.3) is 10.8 Å². The Labute approximate surface area is 168 Å². The molecule has 0 fully saturated rings. The third kappa shape index (κ3) is 4.74. The van der Waals surface area contributed by atoms with Crippen molar-refractivity contribution < 1.29 is 18.0 Å². The van der Waals surface area contributed by atoms with Gasteiger partial charge in [-0.15, -0.1) is 0 Å². The maximum atomic E-state index is 12.9. The molecule has 0 aliphatic heterocycles. The Morgan fingerprint density at radius 2 is 2.07 bits per heavy atom. The molecule has 3 rings (SSSR count). The molecule has 0 radical (unpaired) electrons. The largest absolute Gasteiger partial charge is 0.405 e. The summed E-state index contributed by atoms with van der Waals surface area (Å²) >= 11 is 0. The summed E-state index contributed by atoms with van der Waals surface area (Å²) in [5, 5.41) is 12.8. The van der Waals surface area contributed by atoms with Gasteiger partial charge in [-0.3, -0.25) is 14.6 Å². The Balaban J connectivity index is 1.92. The van der Waals surface area contributed by atoms with E-state index in [1.807, 2.05) is 0 Å². The lowest BCUT2D eigenvalue weighted by Gasteiger charge is -2.13. The zero-order valence-electron chi connectivity index (χ0n) is 15.5. The molecule has 11 heteroatoms. The molecule has 0 aliphatic rings. The molecular weight excluding hydrogens is 401 g/mol. The summed E-state index contributed by atoms with van der Waals surface area (Å²) in [6.07, 6.45) is -0.731. The van der Waals surface area contributed by atoms with Gasteiger partial charge in [0.15, 0.2) is 0 Å². The van der Waals surface area contributed by atoms with Crippen molar-refractivity contribution in [1.82, 2.24) is 14.9 Å². The molecule has 2 heterocycles. The van der Waals surface area contributed by atoms with E-state index in [2.05, 4.69) is 10.3 Å². The predicted octanol–water partition coefficient (Wildman–Crippen LogP) is 2.40. The summed E-state index contributed by atoms with van der Waals surface area (Å²) in [5.74, 6) is -0.932. The number of anilines is 3. The van der Waals surface area contributed by atoms with Crippen LogP contribution in [0.15, 0.2) is 47.5 Å². The van der Waals surface area contributed by atoms with E-state index in [4.69, 9.17) is 11.1 Å². The number of hydrogen-bond acceptors (Lipinski definition) is 6. The van der Waals surface area contributed by atoms with Crippen LogP contribution in [0.3, 0.4) is 0 Å². The molecule has 8 nitrogen and oxygen atoms in total. The van der Waals surface area contributed by atoms with Crippen LogP contribution in [0.4, 0.5) is 30.2 Å². The highest BCUT2D eigenvalue weighted by molar-refractivity contribution is 5.95. The Kier molecular flexibility index (Phi) is 5.72. The van der Waals surface area contributed by atoms with Gasteiger partial charge >= 0.3 is 6.18 Å². The molecule has 1 aromatic carbocycles. The molecule has 156 valence electrons. The summed E-state index contributed by atoms with van der Waals surface area (Å²) < 4.78 is 37.8. The van der Waals surface area contributed by atoms with Crippen molar-refractivity contribution in [2.75, 3.05) is 17.6 Å². The number of carbonyl (C=O) groups is 1. The topological polar surface area (TPSA) is 126 Å². The molecule has 0 saturated carbocycles. The van der Waals surface area contributed by atoms with E-state index in [9.17, 15) is 22.8 Å². The first kappa shape index (κ1) is 20.8. The van der Waals surface area contributed by atoms with Crippen LogP contribution in [0, 0.1) is 5.41 Å². The Hall–Kier alpha value is -3.89. The standard InChI is InChI=1S/C19H17F3N6O2/c20-19(21,22)10-26-16(29)9-28-5-4-11-2-1-3-14(17(11)18(28)30)27-12-6-13(24)15(7-23)25-8-12/h1-8,23,27H,9-10,24H2,(H,26,29). The normalized spacial score (nSPS) is 11.3. The van der Waals surface area contributed by atoms with Crippen LogP contribution in [0.2, 0.25) is 0 Å². The number of aromatic nitrogens is 2. The van der Waals surface area contributed by atoms with Crippen LogP contribution in [-0.2, 0) is 11.3 Å². The molecule has 5 N–H and O–H groups in total. The number of pyridine rings is 2. The molecule has 1 amide bonds. The second-order valence-corrected chi connectivity index (χ2v) is 6.38. The van der Waals surface area contributed by atoms with E-state index in [0.717, 1.165) is 10.8 Å². The Bertz CT molecular complexity index is 1170. The highest BCUT2D eigenvalue weighted by Crippen LogP contribution is 2.25. The van der Waals surface area contributed by atoms with E-state index in [-0.39, 0.29) is 11.1 Å². The van der Waals surface area contributed by atoms with Gasteiger partial charge in [-0.1, -0.05) is 12.1 Å². The number of amides is 1.